The van der Waals surface area contributed by atoms with Gasteiger partial charge in [-0.2, -0.15) is 13.2 Å². The molecule has 0 saturated heterocycles. The molecule has 0 saturated carbocycles. The van der Waals surface area contributed by atoms with Crippen LogP contribution in [0, 0.1) is 5.82 Å². The molecule has 0 fully saturated rings. The lowest BCUT2D eigenvalue weighted by Crippen LogP contribution is -2.15. The summed E-state index contributed by atoms with van der Waals surface area (Å²) in [7, 11) is 0. The van der Waals surface area contributed by atoms with E-state index in [0.717, 1.165) is 6.07 Å². The van der Waals surface area contributed by atoms with Crippen LogP contribution in [0.15, 0.2) is 22.7 Å². The van der Waals surface area contributed by atoms with Gasteiger partial charge in [-0.1, -0.05) is 6.07 Å². The Bertz CT molecular complexity index is 364. The first kappa shape index (κ1) is 13.4. The first-order chi connectivity index (χ1) is 7.29. The molecule has 6 heteroatoms. The highest BCUT2D eigenvalue weighted by Crippen LogP contribution is 2.27. The summed E-state index contributed by atoms with van der Waals surface area (Å²) < 4.78 is 49.2. The number of rotatable bonds is 3. The molecule has 1 rings (SSSR count). The molecular weight excluding hydrogens is 290 g/mol. The van der Waals surface area contributed by atoms with Gasteiger partial charge in [-0.15, -0.1) is 0 Å². The van der Waals surface area contributed by atoms with Crippen LogP contribution in [0.5, 0.6) is 0 Å². The second-order valence-electron chi connectivity index (χ2n) is 3.43. The van der Waals surface area contributed by atoms with Crippen LogP contribution in [0.2, 0.25) is 0 Å². The van der Waals surface area contributed by atoms with Crippen LogP contribution in [0.25, 0.3) is 0 Å². The van der Waals surface area contributed by atoms with Crippen LogP contribution in [-0.4, -0.2) is 6.18 Å². The fraction of sp³-hybridized carbons (Fsp3) is 0.400. The fourth-order valence-electron chi connectivity index (χ4n) is 1.23. The van der Waals surface area contributed by atoms with Crippen molar-refractivity contribution in [1.82, 2.24) is 0 Å². The van der Waals surface area contributed by atoms with Crippen LogP contribution in [0.3, 0.4) is 0 Å². The van der Waals surface area contributed by atoms with E-state index in [1.165, 1.54) is 12.1 Å². The van der Waals surface area contributed by atoms with E-state index in [9.17, 15) is 17.6 Å². The fourth-order valence-corrected chi connectivity index (χ4v) is 1.48. The normalized spacial score (nSPS) is 13.9. The van der Waals surface area contributed by atoms with E-state index >= 15 is 0 Å². The SMILES string of the molecule is N[C@@H](CCC(F)(F)F)c1ccc(Br)c(F)c1. The van der Waals surface area contributed by atoms with Gasteiger partial charge in [0.15, 0.2) is 0 Å². The van der Waals surface area contributed by atoms with Gasteiger partial charge >= 0.3 is 6.18 Å². The predicted octanol–water partition coefficient (Wildman–Crippen LogP) is 3.93. The molecule has 90 valence electrons. The molecule has 0 heterocycles. The monoisotopic (exact) mass is 299 g/mol. The molecule has 1 nitrogen and oxygen atoms in total. The summed E-state index contributed by atoms with van der Waals surface area (Å²) in [5, 5.41) is 0. The maximum Gasteiger partial charge on any atom is 0.389 e. The third kappa shape index (κ3) is 4.09. The molecule has 2 N–H and O–H groups in total. The van der Waals surface area contributed by atoms with Gasteiger partial charge in [0.25, 0.3) is 0 Å². The Hall–Kier alpha value is -0.620. The number of benzene rings is 1. The first-order valence-electron chi connectivity index (χ1n) is 4.57. The minimum absolute atomic E-state index is 0.245. The van der Waals surface area contributed by atoms with Gasteiger partial charge in [0, 0.05) is 12.5 Å². The van der Waals surface area contributed by atoms with Crippen molar-refractivity contribution >= 4 is 15.9 Å². The van der Waals surface area contributed by atoms with Crippen LogP contribution < -0.4 is 5.73 Å². The highest BCUT2D eigenvalue weighted by Gasteiger charge is 2.27. The molecule has 0 aliphatic rings. The minimum Gasteiger partial charge on any atom is -0.324 e. The Morgan fingerprint density at radius 1 is 1.31 bits per heavy atom. The molecule has 0 aromatic heterocycles. The maximum absolute atomic E-state index is 13.1. The minimum atomic E-state index is -4.23. The van der Waals surface area contributed by atoms with E-state index in [4.69, 9.17) is 5.73 Å². The zero-order valence-electron chi connectivity index (χ0n) is 8.19. The van der Waals surface area contributed by atoms with Crippen molar-refractivity contribution in [2.45, 2.75) is 25.1 Å². The molecule has 0 spiro atoms. The Kier molecular flexibility index (Phi) is 4.32. The van der Waals surface area contributed by atoms with Gasteiger partial charge in [0.2, 0.25) is 0 Å². The Balaban J connectivity index is 2.66. The number of hydrogen-bond acceptors (Lipinski definition) is 1. The van der Waals surface area contributed by atoms with Crippen LogP contribution in [0.1, 0.15) is 24.4 Å². The number of alkyl halides is 3. The second-order valence-corrected chi connectivity index (χ2v) is 4.29. The summed E-state index contributed by atoms with van der Waals surface area (Å²) in [5.41, 5.74) is 5.90. The van der Waals surface area contributed by atoms with Gasteiger partial charge < -0.3 is 5.73 Å². The molecule has 1 atom stereocenters. The average Bonchev–Trinajstić information content (AvgIpc) is 2.17. The molecule has 1 aromatic carbocycles. The zero-order chi connectivity index (χ0) is 12.3. The van der Waals surface area contributed by atoms with Crippen molar-refractivity contribution in [2.75, 3.05) is 0 Å². The van der Waals surface area contributed by atoms with Gasteiger partial charge in [-0.05, 0) is 40.0 Å². The van der Waals surface area contributed by atoms with E-state index in [2.05, 4.69) is 15.9 Å². The predicted molar refractivity (Wildman–Crippen MR) is 56.3 cm³/mol. The van der Waals surface area contributed by atoms with Gasteiger partial charge in [-0.3, -0.25) is 0 Å². The molecule has 0 unspecified atom stereocenters. The molecule has 16 heavy (non-hydrogen) atoms. The molecule has 0 radical (unpaired) electrons. The van der Waals surface area contributed by atoms with Crippen LogP contribution in [0.4, 0.5) is 17.6 Å². The molecule has 0 amide bonds. The number of hydrogen-bond donors (Lipinski definition) is 1. The summed E-state index contributed by atoms with van der Waals surface area (Å²) in [6, 6.07) is 3.28. The van der Waals surface area contributed by atoms with E-state index in [1.54, 1.807) is 0 Å². The van der Waals surface area contributed by atoms with Crippen LogP contribution in [-0.2, 0) is 0 Å². The highest BCUT2D eigenvalue weighted by molar-refractivity contribution is 9.10. The summed E-state index contributed by atoms with van der Waals surface area (Å²) in [4.78, 5) is 0. The molecular formula is C10H10BrF4N. The number of nitrogens with two attached hydrogens (primary N) is 1. The van der Waals surface area contributed by atoms with Crippen molar-refractivity contribution in [3.8, 4) is 0 Å². The lowest BCUT2D eigenvalue weighted by Gasteiger charge is -2.13. The quantitative estimate of drug-likeness (QED) is 0.841. The van der Waals surface area contributed by atoms with E-state index < -0.39 is 24.5 Å². The Labute approximate surface area is 98.8 Å². The first-order valence-corrected chi connectivity index (χ1v) is 5.36. The lowest BCUT2D eigenvalue weighted by atomic mass is 10.0. The maximum atomic E-state index is 13.1. The molecule has 0 aliphatic carbocycles. The van der Waals surface area contributed by atoms with E-state index in [-0.39, 0.29) is 10.9 Å². The molecule has 0 aliphatic heterocycles. The summed E-state index contributed by atoms with van der Waals surface area (Å²) >= 11 is 2.95. The summed E-state index contributed by atoms with van der Waals surface area (Å²) in [6.07, 6.45) is -5.44. The topological polar surface area (TPSA) is 26.0 Å². The molecule has 1 aromatic rings. The van der Waals surface area contributed by atoms with Crippen LogP contribution >= 0.6 is 15.9 Å². The van der Waals surface area contributed by atoms with E-state index in [1.807, 2.05) is 0 Å². The van der Waals surface area contributed by atoms with Gasteiger partial charge in [-0.25, -0.2) is 4.39 Å². The Morgan fingerprint density at radius 2 is 1.94 bits per heavy atom. The van der Waals surface area contributed by atoms with E-state index in [0.29, 0.717) is 5.56 Å². The lowest BCUT2D eigenvalue weighted by molar-refractivity contribution is -0.136. The summed E-state index contributed by atoms with van der Waals surface area (Å²) in [6.45, 7) is 0. The van der Waals surface area contributed by atoms with Crippen molar-refractivity contribution in [1.29, 1.82) is 0 Å². The zero-order valence-corrected chi connectivity index (χ0v) is 9.78. The highest BCUT2D eigenvalue weighted by atomic mass is 79.9. The van der Waals surface area contributed by atoms with Crippen molar-refractivity contribution in [2.24, 2.45) is 5.73 Å². The largest absolute Gasteiger partial charge is 0.389 e. The van der Waals surface area contributed by atoms with Crippen molar-refractivity contribution in [3.63, 3.8) is 0 Å². The van der Waals surface area contributed by atoms with Gasteiger partial charge in [0.05, 0.1) is 4.47 Å². The number of halogens is 5. The Morgan fingerprint density at radius 3 is 2.44 bits per heavy atom. The third-order valence-electron chi connectivity index (χ3n) is 2.11. The molecule has 0 bridgehead atoms. The smallest absolute Gasteiger partial charge is 0.324 e. The van der Waals surface area contributed by atoms with Crippen molar-refractivity contribution in [3.05, 3.63) is 34.1 Å². The second kappa shape index (κ2) is 5.14. The van der Waals surface area contributed by atoms with Gasteiger partial charge in [0.1, 0.15) is 5.82 Å². The van der Waals surface area contributed by atoms with Crippen molar-refractivity contribution < 1.29 is 17.6 Å². The standard InChI is InChI=1S/C10H10BrF4N/c11-7-2-1-6(5-8(7)12)9(16)3-4-10(13,14)15/h1-2,5,9H,3-4,16H2/t9-/m0/s1. The third-order valence-corrected chi connectivity index (χ3v) is 2.75. The average molecular weight is 300 g/mol. The summed E-state index contributed by atoms with van der Waals surface area (Å²) in [5.74, 6) is -0.528.